The molecule has 1 N–H and O–H groups in total. The van der Waals surface area contributed by atoms with Gasteiger partial charge in [-0.25, -0.2) is 4.98 Å². The molecule has 0 spiro atoms. The fourth-order valence-electron chi connectivity index (χ4n) is 3.23. The van der Waals surface area contributed by atoms with Gasteiger partial charge in [-0.1, -0.05) is 0 Å². The Hall–Kier alpha value is -3.68. The molecule has 0 atom stereocenters. The van der Waals surface area contributed by atoms with Crippen LogP contribution in [0.5, 0.6) is 11.5 Å². The van der Waals surface area contributed by atoms with Crippen molar-refractivity contribution in [2.24, 2.45) is 0 Å². The number of allylic oxidation sites excluding steroid dienone is 1. The van der Waals surface area contributed by atoms with Crippen LogP contribution in [0.3, 0.4) is 0 Å². The Morgan fingerprint density at radius 3 is 2.50 bits per heavy atom. The highest BCUT2D eigenvalue weighted by Crippen LogP contribution is 2.36. The third kappa shape index (κ3) is 5.11. The van der Waals surface area contributed by atoms with Crippen molar-refractivity contribution in [3.63, 3.8) is 0 Å². The summed E-state index contributed by atoms with van der Waals surface area (Å²) in [5.41, 5.74) is 3.45. The first-order valence-electron chi connectivity index (χ1n) is 9.89. The van der Waals surface area contributed by atoms with E-state index in [2.05, 4.69) is 47.9 Å². The van der Waals surface area contributed by atoms with Crippen molar-refractivity contribution < 1.29 is 14.4 Å². The molecule has 1 aromatic heterocycles. The lowest BCUT2D eigenvalue weighted by atomic mass is 10.1. The molecular weight excluding hydrogens is 568 g/mol. The highest BCUT2D eigenvalue weighted by molar-refractivity contribution is 9.11. The molecule has 4 aromatic rings. The number of halogens is 2. The Kier molecular flexibility index (Phi) is 6.95. The molecule has 8 nitrogen and oxygen atoms in total. The van der Waals surface area contributed by atoms with Crippen LogP contribution in [0, 0.1) is 21.4 Å². The van der Waals surface area contributed by atoms with Crippen molar-refractivity contribution in [2.75, 3.05) is 7.11 Å². The van der Waals surface area contributed by atoms with Crippen molar-refractivity contribution in [2.45, 2.75) is 6.61 Å². The summed E-state index contributed by atoms with van der Waals surface area (Å²) in [4.78, 5) is 18.0. The van der Waals surface area contributed by atoms with E-state index in [4.69, 9.17) is 9.47 Å². The number of nitro benzene ring substituents is 1. The summed E-state index contributed by atoms with van der Waals surface area (Å²) in [5, 5.41) is 20.5. The monoisotopic (exact) mass is 582 g/mol. The number of hydrogen-bond acceptors (Lipinski definition) is 6. The molecule has 34 heavy (non-hydrogen) atoms. The average Bonchev–Trinajstić information content (AvgIpc) is 3.25. The lowest BCUT2D eigenvalue weighted by molar-refractivity contribution is -0.384. The van der Waals surface area contributed by atoms with Crippen molar-refractivity contribution in [3.05, 3.63) is 90.6 Å². The van der Waals surface area contributed by atoms with E-state index in [9.17, 15) is 15.4 Å². The van der Waals surface area contributed by atoms with Crippen LogP contribution in [0.1, 0.15) is 17.0 Å². The first-order chi connectivity index (χ1) is 16.4. The molecule has 1 heterocycles. The first kappa shape index (κ1) is 23.5. The second-order valence-electron chi connectivity index (χ2n) is 7.16. The molecule has 0 radical (unpaired) electrons. The Bertz CT molecular complexity index is 1430. The number of benzene rings is 3. The highest BCUT2D eigenvalue weighted by atomic mass is 79.9. The summed E-state index contributed by atoms with van der Waals surface area (Å²) >= 11 is 7.04. The minimum Gasteiger partial charge on any atom is -0.497 e. The van der Waals surface area contributed by atoms with E-state index in [-0.39, 0.29) is 12.3 Å². The van der Waals surface area contributed by atoms with Crippen LogP contribution in [-0.2, 0) is 6.61 Å². The summed E-state index contributed by atoms with van der Waals surface area (Å²) in [7, 11) is 1.59. The topological polar surface area (TPSA) is 114 Å². The number of imidazole rings is 1. The van der Waals surface area contributed by atoms with E-state index in [0.29, 0.717) is 31.8 Å². The van der Waals surface area contributed by atoms with E-state index in [0.717, 1.165) is 22.2 Å². The lowest BCUT2D eigenvalue weighted by Gasteiger charge is -2.11. The Morgan fingerprint density at radius 2 is 1.88 bits per heavy atom. The van der Waals surface area contributed by atoms with Crippen molar-refractivity contribution in [1.82, 2.24) is 9.97 Å². The molecule has 0 fully saturated rings. The third-order valence-corrected chi connectivity index (χ3v) is 6.10. The Balaban J connectivity index is 1.56. The number of rotatable bonds is 7. The third-order valence-electron chi connectivity index (χ3n) is 4.93. The van der Waals surface area contributed by atoms with Gasteiger partial charge in [0, 0.05) is 18.2 Å². The number of nitrogens with one attached hydrogen (secondary N) is 1. The summed E-state index contributed by atoms with van der Waals surface area (Å²) in [5.74, 6) is 1.73. The van der Waals surface area contributed by atoms with Crippen molar-refractivity contribution in [3.8, 4) is 17.6 Å². The maximum Gasteiger partial charge on any atom is 0.269 e. The van der Waals surface area contributed by atoms with Gasteiger partial charge in [-0.05, 0) is 85.5 Å². The number of nitrogens with zero attached hydrogens (tertiary/aromatic N) is 3. The van der Waals surface area contributed by atoms with Gasteiger partial charge in [-0.15, -0.1) is 0 Å². The van der Waals surface area contributed by atoms with Gasteiger partial charge >= 0.3 is 0 Å². The average molecular weight is 584 g/mol. The molecule has 0 saturated carbocycles. The largest absolute Gasteiger partial charge is 0.497 e. The number of aromatic nitrogens is 2. The van der Waals surface area contributed by atoms with Crippen LogP contribution < -0.4 is 9.47 Å². The lowest BCUT2D eigenvalue weighted by Crippen LogP contribution is -1.98. The number of H-pyrrole nitrogens is 1. The number of ether oxygens (including phenoxy) is 2. The molecule has 0 unspecified atom stereocenters. The van der Waals surface area contributed by atoms with E-state index < -0.39 is 4.92 Å². The number of nitriles is 1. The van der Waals surface area contributed by atoms with Crippen LogP contribution in [0.15, 0.2) is 63.5 Å². The summed E-state index contributed by atoms with van der Waals surface area (Å²) < 4.78 is 12.5. The van der Waals surface area contributed by atoms with Crippen LogP contribution in [-0.4, -0.2) is 22.0 Å². The molecule has 3 aromatic carbocycles. The zero-order valence-electron chi connectivity index (χ0n) is 17.7. The van der Waals surface area contributed by atoms with Crippen molar-refractivity contribution in [1.29, 1.82) is 5.26 Å². The number of hydrogen-bond donors (Lipinski definition) is 1. The number of aromatic amines is 1. The molecule has 0 aliphatic rings. The van der Waals surface area contributed by atoms with Gasteiger partial charge in [0.25, 0.3) is 5.69 Å². The van der Waals surface area contributed by atoms with Crippen LogP contribution in [0.25, 0.3) is 22.7 Å². The highest BCUT2D eigenvalue weighted by Gasteiger charge is 2.13. The SMILES string of the molecule is COc1ccc2nc(/C(C#N)=C\c3cc(Br)c(OCc4ccc([N+](=O)[O-])cc4)c(Br)c3)[nH]c2c1. The summed E-state index contributed by atoms with van der Waals surface area (Å²) in [6.45, 7) is 0.232. The number of fused-ring (bicyclic) bond motifs is 1. The number of non-ortho nitro benzene ring substituents is 1. The van der Waals surface area contributed by atoms with Gasteiger partial charge in [0.05, 0.1) is 37.6 Å². The minimum absolute atomic E-state index is 0.0270. The standard InChI is InChI=1S/C24H16Br2N4O4/c1-33-18-6-7-21-22(11-18)29-24(28-21)16(12-27)8-15-9-19(25)23(20(26)10-15)34-13-14-2-4-17(5-3-14)30(31)32/h2-11H,13H2,1H3,(H,28,29)/b16-8-. The van der Waals surface area contributed by atoms with E-state index in [1.165, 1.54) is 12.1 Å². The smallest absolute Gasteiger partial charge is 0.269 e. The maximum absolute atomic E-state index is 10.8. The predicted molar refractivity (Wildman–Crippen MR) is 135 cm³/mol. The van der Waals surface area contributed by atoms with E-state index in [1.54, 1.807) is 25.3 Å². The minimum atomic E-state index is -0.443. The van der Waals surface area contributed by atoms with E-state index in [1.807, 2.05) is 30.3 Å². The van der Waals surface area contributed by atoms with Gasteiger partial charge < -0.3 is 14.5 Å². The molecule has 10 heteroatoms. The normalized spacial score (nSPS) is 11.3. The molecule has 0 amide bonds. The molecule has 0 aliphatic heterocycles. The fraction of sp³-hybridized carbons (Fsp3) is 0.0833. The van der Waals surface area contributed by atoms with Crippen LogP contribution in [0.4, 0.5) is 5.69 Å². The second kappa shape index (κ2) is 10.1. The zero-order valence-corrected chi connectivity index (χ0v) is 20.9. The van der Waals surface area contributed by atoms with Gasteiger partial charge in [-0.2, -0.15) is 5.26 Å². The molecule has 0 saturated heterocycles. The number of nitro groups is 1. The molecule has 0 bridgehead atoms. The number of methoxy groups -OCH3 is 1. The van der Waals surface area contributed by atoms with E-state index >= 15 is 0 Å². The van der Waals surface area contributed by atoms with Crippen LogP contribution >= 0.6 is 31.9 Å². The summed E-state index contributed by atoms with van der Waals surface area (Å²) in [6.07, 6.45) is 1.73. The molecule has 4 rings (SSSR count). The second-order valence-corrected chi connectivity index (χ2v) is 8.87. The molecule has 0 aliphatic carbocycles. The Labute approximate surface area is 211 Å². The maximum atomic E-state index is 10.8. The Morgan fingerprint density at radius 1 is 1.18 bits per heavy atom. The van der Waals surface area contributed by atoms with Crippen LogP contribution in [0.2, 0.25) is 0 Å². The molecular formula is C24H16Br2N4O4. The quantitative estimate of drug-likeness (QED) is 0.148. The first-order valence-corrected chi connectivity index (χ1v) is 11.5. The molecule has 170 valence electrons. The van der Waals surface area contributed by atoms with Gasteiger partial charge in [0.1, 0.15) is 30.0 Å². The fourth-order valence-corrected chi connectivity index (χ4v) is 4.68. The zero-order chi connectivity index (χ0) is 24.2. The predicted octanol–water partition coefficient (Wildman–Crippen LogP) is 6.65. The van der Waals surface area contributed by atoms with Gasteiger partial charge in [0.2, 0.25) is 0 Å². The summed E-state index contributed by atoms with van der Waals surface area (Å²) in [6, 6.07) is 17.5. The van der Waals surface area contributed by atoms with Gasteiger partial charge in [0.15, 0.2) is 0 Å². The van der Waals surface area contributed by atoms with Crippen molar-refractivity contribution >= 4 is 60.2 Å². The van der Waals surface area contributed by atoms with Gasteiger partial charge in [-0.3, -0.25) is 10.1 Å².